The number of alkyl carbamates (subject to hydrolysis) is 1. The van der Waals surface area contributed by atoms with Crippen molar-refractivity contribution in [2.45, 2.75) is 44.9 Å². The Bertz CT molecular complexity index is 964. The van der Waals surface area contributed by atoms with Crippen molar-refractivity contribution in [3.8, 4) is 5.75 Å². The summed E-state index contributed by atoms with van der Waals surface area (Å²) in [7, 11) is 0. The number of ether oxygens (including phenoxy) is 2. The Balaban J connectivity index is 1.82. The number of rotatable bonds is 12. The molecule has 5 N–H and O–H groups in total. The van der Waals surface area contributed by atoms with Crippen molar-refractivity contribution in [1.82, 2.24) is 10.6 Å². The van der Waals surface area contributed by atoms with E-state index in [0.717, 1.165) is 5.56 Å². The number of carbonyl (C=O) groups excluding carboxylic acids is 3. The predicted molar refractivity (Wildman–Crippen MR) is 123 cm³/mol. The standard InChI is InChI=1S/C24H29N3O7/c1-16(26-24(32)33-15-18-6-3-2-4-7-18)23(31)34-19-11-9-17(10-12-19)14-20(22(29)30)27-21(28)8-5-13-25/h2-4,6-7,9-12,16,20H,5,8,13-15,25H2,1H3,(H,26,32)(H,27,28)(H,29,30)/t16-,20-/m0/s1. The second-order valence-corrected chi connectivity index (χ2v) is 7.55. The second kappa shape index (κ2) is 13.6. The first kappa shape index (κ1) is 26.3. The first-order valence-corrected chi connectivity index (χ1v) is 10.8. The number of benzene rings is 2. The molecule has 0 fully saturated rings. The lowest BCUT2D eigenvalue weighted by atomic mass is 10.1. The molecule has 0 aliphatic carbocycles. The zero-order valence-corrected chi connectivity index (χ0v) is 18.9. The van der Waals surface area contributed by atoms with Crippen LogP contribution in [0.25, 0.3) is 0 Å². The third kappa shape index (κ3) is 9.29. The highest BCUT2D eigenvalue weighted by Gasteiger charge is 2.21. The van der Waals surface area contributed by atoms with E-state index in [2.05, 4.69) is 10.6 Å². The van der Waals surface area contributed by atoms with E-state index >= 15 is 0 Å². The molecule has 182 valence electrons. The van der Waals surface area contributed by atoms with Gasteiger partial charge < -0.3 is 30.9 Å². The van der Waals surface area contributed by atoms with Gasteiger partial charge in [-0.05, 0) is 43.1 Å². The number of carboxylic acids is 1. The lowest BCUT2D eigenvalue weighted by Gasteiger charge is -2.15. The van der Waals surface area contributed by atoms with Crippen molar-refractivity contribution >= 4 is 23.9 Å². The maximum atomic E-state index is 12.3. The van der Waals surface area contributed by atoms with Crippen LogP contribution in [0.4, 0.5) is 4.79 Å². The summed E-state index contributed by atoms with van der Waals surface area (Å²) in [4.78, 5) is 47.4. The summed E-state index contributed by atoms with van der Waals surface area (Å²) in [5, 5.41) is 14.2. The highest BCUT2D eigenvalue weighted by molar-refractivity contribution is 5.84. The first-order valence-electron chi connectivity index (χ1n) is 10.8. The van der Waals surface area contributed by atoms with Crippen LogP contribution < -0.4 is 21.1 Å². The first-order chi connectivity index (χ1) is 16.3. The fourth-order valence-electron chi connectivity index (χ4n) is 2.86. The molecular formula is C24H29N3O7. The Kier molecular flexibility index (Phi) is 10.5. The quantitative estimate of drug-likeness (QED) is 0.269. The van der Waals surface area contributed by atoms with E-state index in [1.807, 2.05) is 30.3 Å². The number of hydrogen-bond donors (Lipinski definition) is 4. The molecule has 0 spiro atoms. The molecule has 0 saturated heterocycles. The molecule has 0 aliphatic heterocycles. The third-order valence-corrected chi connectivity index (χ3v) is 4.72. The van der Waals surface area contributed by atoms with Crippen LogP contribution in [0.15, 0.2) is 54.6 Å². The summed E-state index contributed by atoms with van der Waals surface area (Å²) >= 11 is 0. The molecule has 10 nitrogen and oxygen atoms in total. The van der Waals surface area contributed by atoms with E-state index < -0.39 is 30.1 Å². The Labute approximate surface area is 197 Å². The van der Waals surface area contributed by atoms with Crippen molar-refractivity contribution < 1.29 is 33.8 Å². The van der Waals surface area contributed by atoms with Gasteiger partial charge in [0.05, 0.1) is 0 Å². The fourth-order valence-corrected chi connectivity index (χ4v) is 2.86. The molecule has 0 aromatic heterocycles. The normalized spacial score (nSPS) is 12.2. The van der Waals surface area contributed by atoms with Crippen LogP contribution in [0.1, 0.15) is 30.9 Å². The largest absolute Gasteiger partial charge is 0.480 e. The molecule has 2 rings (SSSR count). The number of aliphatic carboxylic acids is 1. The minimum atomic E-state index is -1.16. The molecule has 0 heterocycles. The summed E-state index contributed by atoms with van der Waals surface area (Å²) in [5.41, 5.74) is 6.80. The van der Waals surface area contributed by atoms with Gasteiger partial charge in [0.1, 0.15) is 24.4 Å². The van der Waals surface area contributed by atoms with Crippen molar-refractivity contribution in [2.75, 3.05) is 6.54 Å². The van der Waals surface area contributed by atoms with E-state index in [1.54, 1.807) is 12.1 Å². The minimum absolute atomic E-state index is 0.0587. The lowest BCUT2D eigenvalue weighted by Crippen LogP contribution is -2.42. The van der Waals surface area contributed by atoms with E-state index in [4.69, 9.17) is 15.2 Å². The van der Waals surface area contributed by atoms with Gasteiger partial charge in [-0.25, -0.2) is 14.4 Å². The molecule has 2 aromatic carbocycles. The summed E-state index contributed by atoms with van der Waals surface area (Å²) in [6.45, 7) is 1.88. The molecule has 2 atom stereocenters. The fraction of sp³-hybridized carbons (Fsp3) is 0.333. The third-order valence-electron chi connectivity index (χ3n) is 4.72. The molecule has 0 unspecified atom stereocenters. The molecule has 10 heteroatoms. The zero-order chi connectivity index (χ0) is 24.9. The van der Waals surface area contributed by atoms with Gasteiger partial charge in [-0.2, -0.15) is 0 Å². The van der Waals surface area contributed by atoms with Gasteiger partial charge in [0, 0.05) is 12.8 Å². The summed E-state index contributed by atoms with van der Waals surface area (Å²) in [6, 6.07) is 13.3. The summed E-state index contributed by atoms with van der Waals surface area (Å²) in [6.07, 6.45) is -0.0718. The highest BCUT2D eigenvalue weighted by Crippen LogP contribution is 2.15. The average Bonchev–Trinajstić information content (AvgIpc) is 2.82. The maximum absolute atomic E-state index is 12.3. The van der Waals surface area contributed by atoms with Crippen LogP contribution in [0.3, 0.4) is 0 Å². The number of nitrogens with one attached hydrogen (secondary N) is 2. The van der Waals surface area contributed by atoms with Crippen LogP contribution in [0.2, 0.25) is 0 Å². The smallest absolute Gasteiger partial charge is 0.408 e. The molecule has 2 aromatic rings. The minimum Gasteiger partial charge on any atom is -0.480 e. The Morgan fingerprint density at radius 3 is 2.26 bits per heavy atom. The number of carboxylic acid groups (broad SMARTS) is 1. The topological polar surface area (TPSA) is 157 Å². The summed E-state index contributed by atoms with van der Waals surface area (Å²) in [5.74, 6) is -2.01. The molecule has 0 saturated carbocycles. The van der Waals surface area contributed by atoms with Gasteiger partial charge in [-0.15, -0.1) is 0 Å². The van der Waals surface area contributed by atoms with Gasteiger partial charge in [0.2, 0.25) is 5.91 Å². The van der Waals surface area contributed by atoms with Crippen molar-refractivity contribution in [3.63, 3.8) is 0 Å². The molecule has 0 radical (unpaired) electrons. The Morgan fingerprint density at radius 1 is 0.971 bits per heavy atom. The van der Waals surface area contributed by atoms with Crippen LogP contribution in [-0.4, -0.2) is 47.7 Å². The SMILES string of the molecule is C[C@H](NC(=O)OCc1ccccc1)C(=O)Oc1ccc(C[C@H](NC(=O)CCCN)C(=O)O)cc1. The van der Waals surface area contributed by atoms with E-state index in [9.17, 15) is 24.3 Å². The Hall–Kier alpha value is -3.92. The molecule has 2 amide bonds. The number of esters is 1. The van der Waals surface area contributed by atoms with Crippen LogP contribution in [0, 0.1) is 0 Å². The number of nitrogens with two attached hydrogens (primary N) is 1. The average molecular weight is 472 g/mol. The molecular weight excluding hydrogens is 442 g/mol. The van der Waals surface area contributed by atoms with Gasteiger partial charge >= 0.3 is 18.0 Å². The van der Waals surface area contributed by atoms with Crippen molar-refractivity contribution in [2.24, 2.45) is 5.73 Å². The second-order valence-electron chi connectivity index (χ2n) is 7.55. The van der Waals surface area contributed by atoms with Gasteiger partial charge in [0.25, 0.3) is 0 Å². The van der Waals surface area contributed by atoms with Crippen molar-refractivity contribution in [1.29, 1.82) is 0 Å². The van der Waals surface area contributed by atoms with Crippen LogP contribution >= 0.6 is 0 Å². The lowest BCUT2D eigenvalue weighted by molar-refractivity contribution is -0.141. The van der Waals surface area contributed by atoms with Crippen LogP contribution in [-0.2, 0) is 32.1 Å². The highest BCUT2D eigenvalue weighted by atomic mass is 16.6. The van der Waals surface area contributed by atoms with Gasteiger partial charge in [-0.1, -0.05) is 42.5 Å². The molecule has 0 aliphatic rings. The monoisotopic (exact) mass is 471 g/mol. The van der Waals surface area contributed by atoms with Gasteiger partial charge in [-0.3, -0.25) is 4.79 Å². The number of hydrogen-bond acceptors (Lipinski definition) is 7. The Morgan fingerprint density at radius 2 is 1.65 bits per heavy atom. The number of amides is 2. The maximum Gasteiger partial charge on any atom is 0.408 e. The van der Waals surface area contributed by atoms with Crippen molar-refractivity contribution in [3.05, 3.63) is 65.7 Å². The zero-order valence-electron chi connectivity index (χ0n) is 18.9. The van der Waals surface area contributed by atoms with E-state index in [-0.39, 0.29) is 31.1 Å². The van der Waals surface area contributed by atoms with E-state index in [1.165, 1.54) is 19.1 Å². The van der Waals surface area contributed by atoms with Crippen LogP contribution in [0.5, 0.6) is 5.75 Å². The van der Waals surface area contributed by atoms with E-state index in [0.29, 0.717) is 18.5 Å². The number of carbonyl (C=O) groups is 4. The van der Waals surface area contributed by atoms with Gasteiger partial charge in [0.15, 0.2) is 0 Å². The summed E-state index contributed by atoms with van der Waals surface area (Å²) < 4.78 is 10.3. The molecule has 34 heavy (non-hydrogen) atoms. The molecule has 0 bridgehead atoms. The predicted octanol–water partition coefficient (Wildman–Crippen LogP) is 1.76.